The number of sulfonamides is 1. The number of benzene rings is 3. The van der Waals surface area contributed by atoms with Gasteiger partial charge in [-0.25, -0.2) is 8.42 Å². The molecular formula is C21H19IN2O4S. The van der Waals surface area contributed by atoms with Crippen LogP contribution in [0, 0.1) is 10.5 Å². The predicted molar refractivity (Wildman–Crippen MR) is 122 cm³/mol. The third-order valence-electron chi connectivity index (χ3n) is 4.18. The van der Waals surface area contributed by atoms with Crippen LogP contribution in [0.3, 0.4) is 0 Å². The Morgan fingerprint density at radius 1 is 0.931 bits per heavy atom. The van der Waals surface area contributed by atoms with Crippen LogP contribution in [0.25, 0.3) is 0 Å². The van der Waals surface area contributed by atoms with Crippen molar-refractivity contribution in [1.82, 2.24) is 0 Å². The van der Waals surface area contributed by atoms with Gasteiger partial charge < -0.3 is 10.1 Å². The van der Waals surface area contributed by atoms with E-state index in [1.54, 1.807) is 55.5 Å². The lowest BCUT2D eigenvalue weighted by molar-refractivity contribution is 0.102. The third kappa shape index (κ3) is 5.27. The average molecular weight is 522 g/mol. The maximum Gasteiger partial charge on any atom is 0.262 e. The molecule has 0 saturated heterocycles. The lowest BCUT2D eigenvalue weighted by atomic mass is 10.1. The number of carbonyl (C=O) groups excluding carboxylic acids is 1. The van der Waals surface area contributed by atoms with Crippen molar-refractivity contribution >= 4 is 49.9 Å². The topological polar surface area (TPSA) is 84.5 Å². The standard InChI is InChI=1S/C21H19IN2O4S/c1-14-3-4-15(21(25)23-17-7-5-16(22)6-8-17)13-20(14)29(26,27)24-18-9-11-19(28-2)12-10-18/h3-13,24H,1-2H3,(H,23,25). The normalized spacial score (nSPS) is 11.0. The van der Waals surface area contributed by atoms with E-state index in [0.717, 1.165) is 3.57 Å². The Labute approximate surface area is 183 Å². The highest BCUT2D eigenvalue weighted by atomic mass is 127. The molecule has 3 aromatic carbocycles. The first-order chi connectivity index (χ1) is 13.8. The SMILES string of the molecule is COc1ccc(NS(=O)(=O)c2cc(C(=O)Nc3ccc(I)cc3)ccc2C)cc1. The van der Waals surface area contributed by atoms with E-state index in [4.69, 9.17) is 4.74 Å². The second-order valence-corrected chi connectivity index (χ2v) is 9.17. The Kier molecular flexibility index (Phi) is 6.43. The molecule has 0 unspecified atom stereocenters. The Morgan fingerprint density at radius 2 is 1.55 bits per heavy atom. The molecule has 2 N–H and O–H groups in total. The van der Waals surface area contributed by atoms with E-state index in [1.165, 1.54) is 13.2 Å². The van der Waals surface area contributed by atoms with Crippen LogP contribution in [0.5, 0.6) is 5.75 Å². The van der Waals surface area contributed by atoms with Crippen LogP contribution in [0.15, 0.2) is 71.6 Å². The van der Waals surface area contributed by atoms with Gasteiger partial charge in [-0.2, -0.15) is 0 Å². The number of hydrogen-bond acceptors (Lipinski definition) is 4. The molecule has 150 valence electrons. The molecule has 3 aromatic rings. The third-order valence-corrected chi connectivity index (χ3v) is 6.43. The molecule has 0 spiro atoms. The summed E-state index contributed by atoms with van der Waals surface area (Å²) in [7, 11) is -2.33. The molecule has 0 bridgehead atoms. The van der Waals surface area contributed by atoms with Gasteiger partial charge in [-0.3, -0.25) is 9.52 Å². The number of carbonyl (C=O) groups is 1. The number of amides is 1. The van der Waals surface area contributed by atoms with Crippen molar-refractivity contribution in [3.8, 4) is 5.75 Å². The van der Waals surface area contributed by atoms with Gasteiger partial charge in [0, 0.05) is 20.5 Å². The van der Waals surface area contributed by atoms with Crippen molar-refractivity contribution in [2.45, 2.75) is 11.8 Å². The minimum Gasteiger partial charge on any atom is -0.497 e. The lowest BCUT2D eigenvalue weighted by Gasteiger charge is -2.13. The molecule has 0 atom stereocenters. The Bertz CT molecular complexity index is 1130. The predicted octanol–water partition coefficient (Wildman–Crippen LogP) is 4.66. The van der Waals surface area contributed by atoms with Gasteiger partial charge in [0.1, 0.15) is 5.75 Å². The number of anilines is 2. The molecule has 0 heterocycles. The molecule has 0 radical (unpaired) electrons. The summed E-state index contributed by atoms with van der Waals surface area (Å²) >= 11 is 2.18. The molecular weight excluding hydrogens is 503 g/mol. The Balaban J connectivity index is 1.84. The average Bonchev–Trinajstić information content (AvgIpc) is 2.70. The fraction of sp³-hybridized carbons (Fsp3) is 0.0952. The molecule has 0 saturated carbocycles. The van der Waals surface area contributed by atoms with Crippen LogP contribution < -0.4 is 14.8 Å². The lowest BCUT2D eigenvalue weighted by Crippen LogP contribution is -2.17. The second-order valence-electron chi connectivity index (χ2n) is 6.28. The molecule has 1 amide bonds. The van der Waals surface area contributed by atoms with Crippen LogP contribution in [0.2, 0.25) is 0 Å². The summed E-state index contributed by atoms with van der Waals surface area (Å²) in [5, 5.41) is 2.77. The summed E-state index contributed by atoms with van der Waals surface area (Å²) < 4.78 is 34.4. The summed E-state index contributed by atoms with van der Waals surface area (Å²) in [6, 6.07) is 18.5. The van der Waals surface area contributed by atoms with Gasteiger partial charge in [0.2, 0.25) is 0 Å². The highest BCUT2D eigenvalue weighted by Gasteiger charge is 2.19. The fourth-order valence-electron chi connectivity index (χ4n) is 2.64. The zero-order valence-electron chi connectivity index (χ0n) is 15.8. The largest absolute Gasteiger partial charge is 0.497 e. The number of ether oxygens (including phenoxy) is 1. The van der Waals surface area contributed by atoms with Gasteiger partial charge in [0.05, 0.1) is 12.0 Å². The van der Waals surface area contributed by atoms with Crippen LogP contribution >= 0.6 is 22.6 Å². The zero-order chi connectivity index (χ0) is 21.0. The molecule has 6 nitrogen and oxygen atoms in total. The van der Waals surface area contributed by atoms with Crippen LogP contribution in [-0.2, 0) is 10.0 Å². The quantitative estimate of drug-likeness (QED) is 0.462. The summed E-state index contributed by atoms with van der Waals surface area (Å²) in [6.07, 6.45) is 0. The maximum absolute atomic E-state index is 12.9. The first kappa shape index (κ1) is 21.1. The van der Waals surface area contributed by atoms with Crippen LogP contribution in [0.4, 0.5) is 11.4 Å². The molecule has 29 heavy (non-hydrogen) atoms. The summed E-state index contributed by atoms with van der Waals surface area (Å²) in [5.41, 5.74) is 1.83. The van der Waals surface area contributed by atoms with Crippen LogP contribution in [-0.4, -0.2) is 21.4 Å². The van der Waals surface area contributed by atoms with Crippen molar-refractivity contribution in [3.05, 3.63) is 81.4 Å². The van der Waals surface area contributed by atoms with Crippen molar-refractivity contribution in [3.63, 3.8) is 0 Å². The number of halogens is 1. The van der Waals surface area contributed by atoms with Gasteiger partial charge in [0.25, 0.3) is 15.9 Å². The number of aryl methyl sites for hydroxylation is 1. The van der Waals surface area contributed by atoms with E-state index in [9.17, 15) is 13.2 Å². The van der Waals surface area contributed by atoms with E-state index < -0.39 is 10.0 Å². The fourth-order valence-corrected chi connectivity index (χ4v) is 4.33. The number of methoxy groups -OCH3 is 1. The van der Waals surface area contributed by atoms with Gasteiger partial charge in [0.15, 0.2) is 0 Å². The number of hydrogen-bond donors (Lipinski definition) is 2. The minimum atomic E-state index is -3.87. The first-order valence-corrected chi connectivity index (χ1v) is 11.2. The maximum atomic E-state index is 12.9. The van der Waals surface area contributed by atoms with Gasteiger partial charge >= 0.3 is 0 Å². The highest BCUT2D eigenvalue weighted by molar-refractivity contribution is 14.1. The second kappa shape index (κ2) is 8.83. The molecule has 8 heteroatoms. The van der Waals surface area contributed by atoms with Crippen molar-refractivity contribution in [2.75, 3.05) is 17.1 Å². The number of rotatable bonds is 6. The van der Waals surface area contributed by atoms with E-state index in [0.29, 0.717) is 22.7 Å². The van der Waals surface area contributed by atoms with Gasteiger partial charge in [-0.15, -0.1) is 0 Å². The van der Waals surface area contributed by atoms with E-state index in [1.807, 2.05) is 12.1 Å². The summed E-state index contributed by atoms with van der Waals surface area (Å²) in [4.78, 5) is 12.6. The molecule has 0 aliphatic carbocycles. The first-order valence-electron chi connectivity index (χ1n) is 8.63. The smallest absolute Gasteiger partial charge is 0.262 e. The Morgan fingerprint density at radius 3 is 2.17 bits per heavy atom. The van der Waals surface area contributed by atoms with Crippen molar-refractivity contribution in [1.29, 1.82) is 0 Å². The summed E-state index contributed by atoms with van der Waals surface area (Å²) in [6.45, 7) is 1.68. The van der Waals surface area contributed by atoms with Crippen molar-refractivity contribution < 1.29 is 17.9 Å². The van der Waals surface area contributed by atoms with E-state index in [2.05, 4.69) is 32.6 Å². The molecule has 0 aromatic heterocycles. The minimum absolute atomic E-state index is 0.0450. The molecule has 3 rings (SSSR count). The molecule has 0 aliphatic heterocycles. The monoisotopic (exact) mass is 522 g/mol. The van der Waals surface area contributed by atoms with E-state index in [-0.39, 0.29) is 16.4 Å². The van der Waals surface area contributed by atoms with Gasteiger partial charge in [-0.05, 0) is 95.7 Å². The van der Waals surface area contributed by atoms with Crippen LogP contribution in [0.1, 0.15) is 15.9 Å². The zero-order valence-corrected chi connectivity index (χ0v) is 18.7. The molecule has 0 aliphatic rings. The van der Waals surface area contributed by atoms with Gasteiger partial charge in [-0.1, -0.05) is 6.07 Å². The Hall–Kier alpha value is -2.59. The molecule has 0 fully saturated rings. The van der Waals surface area contributed by atoms with Crippen molar-refractivity contribution in [2.24, 2.45) is 0 Å². The summed E-state index contributed by atoms with van der Waals surface area (Å²) in [5.74, 6) is 0.241. The van der Waals surface area contributed by atoms with E-state index >= 15 is 0 Å². The number of nitrogens with one attached hydrogen (secondary N) is 2. The highest BCUT2D eigenvalue weighted by Crippen LogP contribution is 2.23.